The van der Waals surface area contributed by atoms with Gasteiger partial charge in [-0.2, -0.15) is 0 Å². The van der Waals surface area contributed by atoms with Crippen molar-refractivity contribution in [3.05, 3.63) is 21.3 Å². The van der Waals surface area contributed by atoms with Gasteiger partial charge in [0.1, 0.15) is 0 Å². The van der Waals surface area contributed by atoms with Crippen LogP contribution in [0.3, 0.4) is 0 Å². The Balaban J connectivity index is 2.28. The normalized spacial score (nSPS) is 12.5. The van der Waals surface area contributed by atoms with Crippen LogP contribution in [0.15, 0.2) is 12.1 Å². The number of rotatable bonds is 5. The van der Waals surface area contributed by atoms with Crippen LogP contribution in [0.25, 0.3) is 0 Å². The Morgan fingerprint density at radius 1 is 1.67 bits per heavy atom. The lowest BCUT2D eigenvalue weighted by Gasteiger charge is -2.11. The van der Waals surface area contributed by atoms with Crippen LogP contribution in [0.2, 0.25) is 4.34 Å². The maximum atomic E-state index is 11.0. The number of esters is 1. The Hall–Kier alpha value is -0.580. The summed E-state index contributed by atoms with van der Waals surface area (Å²) in [4.78, 5) is 12.1. The van der Waals surface area contributed by atoms with Crippen molar-refractivity contribution < 1.29 is 9.53 Å². The van der Waals surface area contributed by atoms with Crippen LogP contribution in [0, 0.1) is 0 Å². The molecular formula is C10H14ClNO2S. The van der Waals surface area contributed by atoms with Gasteiger partial charge in [-0.1, -0.05) is 11.6 Å². The maximum Gasteiger partial charge on any atom is 0.307 e. The fourth-order valence-corrected chi connectivity index (χ4v) is 2.17. The Bertz CT molecular complexity index is 327. The van der Waals surface area contributed by atoms with Crippen LogP contribution in [-0.2, 0) is 16.1 Å². The second-order valence-corrected chi connectivity index (χ2v) is 5.07. The largest absolute Gasteiger partial charge is 0.469 e. The molecule has 0 bridgehead atoms. The molecule has 0 saturated carbocycles. The summed E-state index contributed by atoms with van der Waals surface area (Å²) >= 11 is 7.34. The molecule has 1 aromatic heterocycles. The molecule has 0 spiro atoms. The number of hydrogen-bond donors (Lipinski definition) is 1. The van der Waals surface area contributed by atoms with Gasteiger partial charge in [0.15, 0.2) is 0 Å². The van der Waals surface area contributed by atoms with Gasteiger partial charge in [-0.3, -0.25) is 4.79 Å². The number of hydrogen-bond acceptors (Lipinski definition) is 4. The smallest absolute Gasteiger partial charge is 0.307 e. The Morgan fingerprint density at radius 2 is 2.40 bits per heavy atom. The van der Waals surface area contributed by atoms with Crippen LogP contribution in [0.1, 0.15) is 18.2 Å². The van der Waals surface area contributed by atoms with Gasteiger partial charge in [-0.05, 0) is 19.1 Å². The molecule has 1 rings (SSSR count). The van der Waals surface area contributed by atoms with E-state index in [0.29, 0.717) is 6.42 Å². The van der Waals surface area contributed by atoms with Crippen molar-refractivity contribution in [1.29, 1.82) is 0 Å². The third kappa shape index (κ3) is 4.64. The summed E-state index contributed by atoms with van der Waals surface area (Å²) < 4.78 is 5.36. The molecule has 5 heteroatoms. The molecule has 1 aromatic rings. The molecule has 0 saturated heterocycles. The first kappa shape index (κ1) is 12.5. The summed E-state index contributed by atoms with van der Waals surface area (Å²) in [6, 6.07) is 3.96. The molecule has 1 atom stereocenters. The predicted octanol–water partition coefficient (Wildman–Crippen LogP) is 2.44. The molecular weight excluding hydrogens is 234 g/mol. The third-order valence-corrected chi connectivity index (χ3v) is 3.19. The lowest BCUT2D eigenvalue weighted by molar-refractivity contribution is -0.141. The molecule has 0 aliphatic carbocycles. The highest BCUT2D eigenvalue weighted by Crippen LogP contribution is 2.21. The van der Waals surface area contributed by atoms with Crippen LogP contribution < -0.4 is 5.32 Å². The van der Waals surface area contributed by atoms with Crippen molar-refractivity contribution in [2.24, 2.45) is 0 Å². The van der Waals surface area contributed by atoms with Crippen LogP contribution >= 0.6 is 22.9 Å². The number of carbonyl (C=O) groups excluding carboxylic acids is 1. The van der Waals surface area contributed by atoms with Gasteiger partial charge in [-0.15, -0.1) is 11.3 Å². The summed E-state index contributed by atoms with van der Waals surface area (Å²) in [5.74, 6) is -0.195. The Labute approximate surface area is 98.4 Å². The number of nitrogens with one attached hydrogen (secondary N) is 1. The topological polar surface area (TPSA) is 38.3 Å². The minimum absolute atomic E-state index is 0.110. The monoisotopic (exact) mass is 247 g/mol. The molecule has 0 fully saturated rings. The molecule has 0 aromatic carbocycles. The van der Waals surface area contributed by atoms with E-state index in [1.54, 1.807) is 11.3 Å². The van der Waals surface area contributed by atoms with E-state index in [-0.39, 0.29) is 12.0 Å². The summed E-state index contributed by atoms with van der Waals surface area (Å²) in [5, 5.41) is 3.23. The molecule has 0 aliphatic heterocycles. The van der Waals surface area contributed by atoms with E-state index in [1.165, 1.54) is 7.11 Å². The van der Waals surface area contributed by atoms with E-state index < -0.39 is 0 Å². The van der Waals surface area contributed by atoms with Gasteiger partial charge in [0, 0.05) is 17.5 Å². The Kier molecular flexibility index (Phi) is 5.08. The summed E-state index contributed by atoms with van der Waals surface area (Å²) in [6.07, 6.45) is 0.385. The van der Waals surface area contributed by atoms with E-state index in [1.807, 2.05) is 19.1 Å². The van der Waals surface area contributed by atoms with E-state index in [4.69, 9.17) is 11.6 Å². The van der Waals surface area contributed by atoms with Crippen molar-refractivity contribution in [2.45, 2.75) is 25.9 Å². The highest BCUT2D eigenvalue weighted by atomic mass is 35.5. The average molecular weight is 248 g/mol. The molecule has 1 unspecified atom stereocenters. The third-order valence-electron chi connectivity index (χ3n) is 1.95. The maximum absolute atomic E-state index is 11.0. The summed E-state index contributed by atoms with van der Waals surface area (Å²) in [5.41, 5.74) is 0. The van der Waals surface area contributed by atoms with Crippen molar-refractivity contribution in [3.8, 4) is 0 Å². The number of thiophene rings is 1. The zero-order chi connectivity index (χ0) is 11.3. The predicted molar refractivity (Wildman–Crippen MR) is 62.3 cm³/mol. The first-order valence-corrected chi connectivity index (χ1v) is 5.85. The summed E-state index contributed by atoms with van der Waals surface area (Å²) in [7, 11) is 1.40. The van der Waals surface area contributed by atoms with Crippen molar-refractivity contribution in [2.75, 3.05) is 7.11 Å². The van der Waals surface area contributed by atoms with Crippen molar-refractivity contribution >= 4 is 28.9 Å². The van der Waals surface area contributed by atoms with Gasteiger partial charge >= 0.3 is 5.97 Å². The number of ether oxygens (including phenoxy) is 1. The number of carbonyl (C=O) groups is 1. The number of methoxy groups -OCH3 is 1. The van der Waals surface area contributed by atoms with E-state index in [2.05, 4.69) is 10.1 Å². The molecule has 84 valence electrons. The highest BCUT2D eigenvalue weighted by molar-refractivity contribution is 7.16. The van der Waals surface area contributed by atoms with Crippen LogP contribution in [0.4, 0.5) is 0 Å². The fraction of sp³-hybridized carbons (Fsp3) is 0.500. The quantitative estimate of drug-likeness (QED) is 0.813. The minimum Gasteiger partial charge on any atom is -0.469 e. The van der Waals surface area contributed by atoms with Gasteiger partial charge in [0.05, 0.1) is 17.9 Å². The SMILES string of the molecule is COC(=O)CC(C)NCc1ccc(Cl)s1. The van der Waals surface area contributed by atoms with E-state index in [9.17, 15) is 4.79 Å². The van der Waals surface area contributed by atoms with Gasteiger partial charge in [0.25, 0.3) is 0 Å². The fourth-order valence-electron chi connectivity index (χ4n) is 1.13. The van der Waals surface area contributed by atoms with Crippen LogP contribution in [-0.4, -0.2) is 19.1 Å². The molecule has 15 heavy (non-hydrogen) atoms. The van der Waals surface area contributed by atoms with Gasteiger partial charge < -0.3 is 10.1 Å². The average Bonchev–Trinajstić information content (AvgIpc) is 2.61. The first-order valence-electron chi connectivity index (χ1n) is 4.66. The Morgan fingerprint density at radius 3 is 2.93 bits per heavy atom. The second-order valence-electron chi connectivity index (χ2n) is 3.27. The van der Waals surface area contributed by atoms with E-state index in [0.717, 1.165) is 15.8 Å². The second kappa shape index (κ2) is 6.10. The van der Waals surface area contributed by atoms with E-state index >= 15 is 0 Å². The minimum atomic E-state index is -0.195. The lowest BCUT2D eigenvalue weighted by atomic mass is 10.2. The standard InChI is InChI=1S/C10H14ClNO2S/c1-7(5-10(13)14-2)12-6-8-3-4-9(11)15-8/h3-4,7,12H,5-6H2,1-2H3. The number of halogens is 1. The van der Waals surface area contributed by atoms with Crippen molar-refractivity contribution in [1.82, 2.24) is 5.32 Å². The van der Waals surface area contributed by atoms with Crippen molar-refractivity contribution in [3.63, 3.8) is 0 Å². The lowest BCUT2D eigenvalue weighted by Crippen LogP contribution is -2.28. The summed E-state index contributed by atoms with van der Waals surface area (Å²) in [6.45, 7) is 2.68. The molecule has 0 radical (unpaired) electrons. The molecule has 0 amide bonds. The van der Waals surface area contributed by atoms with Gasteiger partial charge in [-0.25, -0.2) is 0 Å². The zero-order valence-electron chi connectivity index (χ0n) is 8.75. The zero-order valence-corrected chi connectivity index (χ0v) is 10.3. The van der Waals surface area contributed by atoms with Gasteiger partial charge in [0.2, 0.25) is 0 Å². The molecule has 3 nitrogen and oxygen atoms in total. The first-order chi connectivity index (χ1) is 7.11. The highest BCUT2D eigenvalue weighted by Gasteiger charge is 2.08. The molecule has 1 N–H and O–H groups in total. The van der Waals surface area contributed by atoms with Crippen LogP contribution in [0.5, 0.6) is 0 Å². The molecule has 1 heterocycles. The molecule has 0 aliphatic rings.